The number of carboxylic acids is 1. The van der Waals surface area contributed by atoms with Crippen LogP contribution in [0.2, 0.25) is 0 Å². The van der Waals surface area contributed by atoms with Crippen LogP contribution >= 0.6 is 0 Å². The molecule has 18 heavy (non-hydrogen) atoms. The second-order valence-corrected chi connectivity index (χ2v) is 3.12. The summed E-state index contributed by atoms with van der Waals surface area (Å²) in [6.45, 7) is 0. The van der Waals surface area contributed by atoms with Crippen molar-refractivity contribution < 1.29 is 32.9 Å². The molecule has 96 valence electrons. The molecule has 0 aliphatic rings. The van der Waals surface area contributed by atoms with E-state index >= 15 is 0 Å². The van der Waals surface area contributed by atoms with Crippen molar-refractivity contribution >= 4 is 5.97 Å². The van der Waals surface area contributed by atoms with E-state index in [1.54, 1.807) is 0 Å². The highest BCUT2D eigenvalue weighted by molar-refractivity contribution is 5.75. The molecule has 1 unspecified atom stereocenters. The third kappa shape index (κ3) is 3.11. The molecule has 0 radical (unpaired) electrons. The second kappa shape index (κ2) is 4.93. The average molecular weight is 261 g/mol. The number of carbonyl (C=O) groups is 1. The van der Waals surface area contributed by atoms with Crippen molar-refractivity contribution in [2.24, 2.45) is 0 Å². The van der Waals surface area contributed by atoms with Gasteiger partial charge in [0.2, 0.25) is 0 Å². The van der Waals surface area contributed by atoms with E-state index in [1.807, 2.05) is 0 Å². The third-order valence-electron chi connectivity index (χ3n) is 1.92. The van der Waals surface area contributed by atoms with Crippen LogP contribution in [0.1, 0.15) is 17.2 Å². The summed E-state index contributed by atoms with van der Waals surface area (Å²) in [5, 5.41) is 26.5. The van der Waals surface area contributed by atoms with Gasteiger partial charge in [-0.2, -0.15) is 5.26 Å². The van der Waals surface area contributed by atoms with Gasteiger partial charge in [0.05, 0.1) is 0 Å². The number of aliphatic carboxylic acids is 1. The molecule has 0 fully saturated rings. The molecule has 8 heteroatoms. The first kappa shape index (κ1) is 13.8. The summed E-state index contributed by atoms with van der Waals surface area (Å²) >= 11 is 0. The minimum atomic E-state index is -5.02. The normalized spacial score (nSPS) is 12.6. The summed E-state index contributed by atoms with van der Waals surface area (Å²) < 4.78 is 39.7. The van der Waals surface area contributed by atoms with Gasteiger partial charge in [-0.1, -0.05) is 12.1 Å². The number of halogens is 3. The molecule has 1 atom stereocenters. The maximum atomic E-state index is 12.0. The Balaban J connectivity index is 3.28. The Morgan fingerprint density at radius 3 is 2.50 bits per heavy atom. The molecule has 0 amide bonds. The van der Waals surface area contributed by atoms with E-state index in [1.165, 1.54) is 6.07 Å². The molecule has 0 saturated carbocycles. The molecule has 1 aromatic rings. The minimum Gasteiger partial charge on any atom is -0.479 e. The van der Waals surface area contributed by atoms with Crippen LogP contribution < -0.4 is 4.74 Å². The van der Waals surface area contributed by atoms with E-state index in [9.17, 15) is 23.1 Å². The van der Waals surface area contributed by atoms with Crippen LogP contribution in [0.3, 0.4) is 0 Å². The van der Waals surface area contributed by atoms with Crippen molar-refractivity contribution in [3.05, 3.63) is 29.3 Å². The fraction of sp³-hybridized carbons (Fsp3) is 0.200. The van der Waals surface area contributed by atoms with E-state index in [2.05, 4.69) is 4.74 Å². The highest BCUT2D eigenvalue weighted by Crippen LogP contribution is 2.30. The van der Waals surface area contributed by atoms with E-state index in [-0.39, 0.29) is 0 Å². The number of nitriles is 1. The molecular formula is C10H6F3NO4. The Labute approximate surface area is 98.6 Å². The number of hydrogen-bond donors (Lipinski definition) is 2. The molecule has 2 N–H and O–H groups in total. The third-order valence-corrected chi connectivity index (χ3v) is 1.92. The smallest absolute Gasteiger partial charge is 0.479 e. The lowest BCUT2D eigenvalue weighted by Crippen LogP contribution is -2.19. The zero-order valence-corrected chi connectivity index (χ0v) is 8.60. The number of nitrogens with zero attached hydrogens (tertiary/aromatic N) is 1. The molecule has 0 aliphatic carbocycles. The quantitative estimate of drug-likeness (QED) is 0.861. The Morgan fingerprint density at radius 2 is 2.06 bits per heavy atom. The molecule has 0 bridgehead atoms. The lowest BCUT2D eigenvalue weighted by molar-refractivity contribution is -0.274. The molecule has 1 aromatic carbocycles. The number of hydrogen-bond acceptors (Lipinski definition) is 4. The summed E-state index contributed by atoms with van der Waals surface area (Å²) in [5.74, 6) is -2.54. The number of aliphatic hydroxyl groups is 1. The van der Waals surface area contributed by atoms with Crippen molar-refractivity contribution in [3.63, 3.8) is 0 Å². The van der Waals surface area contributed by atoms with Gasteiger partial charge in [0, 0.05) is 5.56 Å². The molecule has 0 aromatic heterocycles. The predicted molar refractivity (Wildman–Crippen MR) is 50.4 cm³/mol. The molecule has 0 aliphatic heterocycles. The Morgan fingerprint density at radius 1 is 1.44 bits per heavy atom. The van der Waals surface area contributed by atoms with Crippen LogP contribution in [0.15, 0.2) is 18.2 Å². The van der Waals surface area contributed by atoms with Crippen LogP contribution in [0.4, 0.5) is 13.2 Å². The topological polar surface area (TPSA) is 90.5 Å². The lowest BCUT2D eigenvalue weighted by Gasteiger charge is -2.13. The Hall–Kier alpha value is -2.27. The van der Waals surface area contributed by atoms with E-state index in [4.69, 9.17) is 10.4 Å². The van der Waals surface area contributed by atoms with Gasteiger partial charge in [0.25, 0.3) is 0 Å². The molecular weight excluding hydrogens is 255 g/mol. The summed E-state index contributed by atoms with van der Waals surface area (Å²) in [6.07, 6.45) is -7.12. The molecule has 0 heterocycles. The number of rotatable bonds is 3. The van der Waals surface area contributed by atoms with Crippen LogP contribution in [0.25, 0.3) is 0 Å². The zero-order chi connectivity index (χ0) is 13.9. The van der Waals surface area contributed by atoms with Crippen LogP contribution in [-0.4, -0.2) is 22.5 Å². The van der Waals surface area contributed by atoms with Crippen LogP contribution in [0.5, 0.6) is 5.75 Å². The van der Waals surface area contributed by atoms with Gasteiger partial charge in [0.1, 0.15) is 17.4 Å². The highest BCUT2D eigenvalue weighted by atomic mass is 19.4. The fourth-order valence-electron chi connectivity index (χ4n) is 1.24. The summed E-state index contributed by atoms with van der Waals surface area (Å²) in [7, 11) is 0. The molecule has 0 spiro atoms. The van der Waals surface area contributed by atoms with Gasteiger partial charge >= 0.3 is 12.3 Å². The predicted octanol–water partition coefficient (Wildman–Crippen LogP) is 1.57. The standard InChI is InChI=1S/C10H6F3NO4/c11-10(12,13)18-7-3-1-2-5(6(7)4-14)8(15)9(16)17/h1-3,8,15H,(H,16,17). The second-order valence-electron chi connectivity index (χ2n) is 3.12. The maximum absolute atomic E-state index is 12.0. The Bertz CT molecular complexity index is 507. The van der Waals surface area contributed by atoms with E-state index in [0.29, 0.717) is 0 Å². The van der Waals surface area contributed by atoms with E-state index in [0.717, 1.165) is 18.2 Å². The SMILES string of the molecule is N#Cc1c(OC(F)(F)F)cccc1C(O)C(=O)O. The van der Waals surface area contributed by atoms with Crippen LogP contribution in [-0.2, 0) is 4.79 Å². The first-order valence-electron chi connectivity index (χ1n) is 4.46. The van der Waals surface area contributed by atoms with Gasteiger partial charge in [-0.05, 0) is 6.07 Å². The van der Waals surface area contributed by atoms with Gasteiger partial charge in [0.15, 0.2) is 6.10 Å². The molecule has 1 rings (SSSR count). The van der Waals surface area contributed by atoms with Gasteiger partial charge < -0.3 is 14.9 Å². The number of benzene rings is 1. The fourth-order valence-corrected chi connectivity index (χ4v) is 1.24. The maximum Gasteiger partial charge on any atom is 0.573 e. The van der Waals surface area contributed by atoms with Gasteiger partial charge in [-0.25, -0.2) is 4.79 Å². The molecule has 0 saturated heterocycles. The molecule has 5 nitrogen and oxygen atoms in total. The van der Waals surface area contributed by atoms with Gasteiger partial charge in [-0.3, -0.25) is 0 Å². The highest BCUT2D eigenvalue weighted by Gasteiger charge is 2.33. The van der Waals surface area contributed by atoms with Crippen molar-refractivity contribution in [2.45, 2.75) is 12.5 Å². The summed E-state index contributed by atoms with van der Waals surface area (Å²) in [6, 6.07) is 4.30. The van der Waals surface area contributed by atoms with Crippen molar-refractivity contribution in [3.8, 4) is 11.8 Å². The number of aliphatic hydroxyl groups excluding tert-OH is 1. The first-order valence-corrected chi connectivity index (χ1v) is 4.46. The minimum absolute atomic E-state index is 0.466. The van der Waals surface area contributed by atoms with Crippen molar-refractivity contribution in [1.82, 2.24) is 0 Å². The summed E-state index contributed by atoms with van der Waals surface area (Å²) in [4.78, 5) is 10.5. The van der Waals surface area contributed by atoms with Crippen molar-refractivity contribution in [2.75, 3.05) is 0 Å². The van der Waals surface area contributed by atoms with E-state index < -0.39 is 35.3 Å². The van der Waals surface area contributed by atoms with Gasteiger partial charge in [-0.15, -0.1) is 13.2 Å². The van der Waals surface area contributed by atoms with Crippen LogP contribution in [0, 0.1) is 11.3 Å². The first-order chi connectivity index (χ1) is 8.26. The number of ether oxygens (including phenoxy) is 1. The van der Waals surface area contributed by atoms with Crippen molar-refractivity contribution in [1.29, 1.82) is 5.26 Å². The lowest BCUT2D eigenvalue weighted by atomic mass is 10.0. The summed E-state index contributed by atoms with van der Waals surface area (Å²) in [5.41, 5.74) is -1.14. The monoisotopic (exact) mass is 261 g/mol. The zero-order valence-electron chi connectivity index (χ0n) is 8.60. The largest absolute Gasteiger partial charge is 0.573 e. The Kier molecular flexibility index (Phi) is 3.78. The number of carboxylic acid groups (broad SMARTS) is 1. The average Bonchev–Trinajstić information content (AvgIpc) is 2.25. The number of alkyl halides is 3.